The number of pyridine rings is 1. The molecule has 3 aromatic rings. The molecule has 2 fully saturated rings. The minimum atomic E-state index is -0.972. The summed E-state index contributed by atoms with van der Waals surface area (Å²) in [4.78, 5) is 76.4. The number of nitrogens with one attached hydrogen (secondary N) is 1. The summed E-state index contributed by atoms with van der Waals surface area (Å²) in [5, 5.41) is 3.86. The van der Waals surface area contributed by atoms with Gasteiger partial charge < -0.3 is 25.8 Å². The van der Waals surface area contributed by atoms with Crippen molar-refractivity contribution in [2.75, 3.05) is 19.6 Å². The van der Waals surface area contributed by atoms with E-state index in [1.807, 2.05) is 41.3 Å². The van der Waals surface area contributed by atoms with Crippen LogP contribution in [-0.2, 0) is 32.1 Å². The highest BCUT2D eigenvalue weighted by molar-refractivity contribution is 6.01. The number of carbonyl (C=O) groups excluding carboxylic acids is 5. The number of amides is 5. The molecule has 0 unspecified atom stereocenters. The molecule has 0 saturated carbocycles. The van der Waals surface area contributed by atoms with Gasteiger partial charge in [0.05, 0.1) is 23.9 Å². The van der Waals surface area contributed by atoms with Gasteiger partial charge in [0.25, 0.3) is 5.91 Å². The molecule has 3 N–H and O–H groups in total. The Labute approximate surface area is 288 Å². The first-order valence-corrected chi connectivity index (χ1v) is 17.6. The van der Waals surface area contributed by atoms with E-state index in [-0.39, 0.29) is 56.0 Å². The first-order chi connectivity index (χ1) is 23.7. The largest absolute Gasteiger partial charge is 0.369 e. The number of carbonyl (C=O) groups is 5. The Balaban J connectivity index is 1.36. The van der Waals surface area contributed by atoms with Gasteiger partial charge in [0.15, 0.2) is 0 Å². The second-order valence-electron chi connectivity index (χ2n) is 13.3. The molecule has 5 amide bonds. The molecule has 2 aromatic carbocycles. The fraction of sp³-hybridized carbons (Fsp3) is 0.474. The van der Waals surface area contributed by atoms with Crippen LogP contribution in [0.2, 0.25) is 0 Å². The van der Waals surface area contributed by atoms with E-state index >= 15 is 0 Å². The van der Waals surface area contributed by atoms with Crippen molar-refractivity contribution in [2.45, 2.75) is 96.3 Å². The number of benzene rings is 2. The van der Waals surface area contributed by atoms with Gasteiger partial charge in [-0.05, 0) is 42.5 Å². The molecule has 0 bridgehead atoms. The highest BCUT2D eigenvalue weighted by Gasteiger charge is 2.51. The lowest BCUT2D eigenvalue weighted by Crippen LogP contribution is -2.63. The zero-order valence-electron chi connectivity index (χ0n) is 28.6. The maximum absolute atomic E-state index is 14.2. The Morgan fingerprint density at radius 1 is 0.918 bits per heavy atom. The third-order valence-electron chi connectivity index (χ3n) is 9.54. The van der Waals surface area contributed by atoms with Gasteiger partial charge in [-0.1, -0.05) is 82.0 Å². The van der Waals surface area contributed by atoms with Gasteiger partial charge in [-0.25, -0.2) is 0 Å². The Morgan fingerprint density at radius 2 is 1.59 bits per heavy atom. The van der Waals surface area contributed by atoms with Gasteiger partial charge in [0.2, 0.25) is 23.6 Å². The second-order valence-corrected chi connectivity index (χ2v) is 13.3. The monoisotopic (exact) mass is 668 g/mol. The number of hydrogen-bond donors (Lipinski definition) is 2. The Bertz CT molecular complexity index is 1650. The van der Waals surface area contributed by atoms with Crippen molar-refractivity contribution in [1.82, 2.24) is 25.0 Å². The van der Waals surface area contributed by atoms with E-state index in [2.05, 4.69) is 24.1 Å². The third kappa shape index (κ3) is 8.82. The average Bonchev–Trinajstić information content (AvgIpc) is 3.52. The number of piperazine rings is 1. The molecule has 2 aliphatic rings. The van der Waals surface area contributed by atoms with Crippen molar-refractivity contribution in [3.05, 3.63) is 77.5 Å². The number of fused-ring (bicyclic) bond motifs is 2. The summed E-state index contributed by atoms with van der Waals surface area (Å²) in [5.41, 5.74) is 8.06. The number of rotatable bonds is 16. The molecule has 260 valence electrons. The van der Waals surface area contributed by atoms with E-state index in [4.69, 9.17) is 5.73 Å². The predicted molar refractivity (Wildman–Crippen MR) is 187 cm³/mol. The van der Waals surface area contributed by atoms with Gasteiger partial charge in [-0.3, -0.25) is 29.0 Å². The first kappa shape index (κ1) is 35.5. The van der Waals surface area contributed by atoms with Crippen LogP contribution < -0.4 is 11.1 Å². The molecule has 0 spiro atoms. The number of unbranched alkanes of at least 4 members (excludes halogenated alkanes) is 4. The SMILES string of the molecule is CCCCCN(CCCCC)C(=O)C[C@H]1C(=O)N2C[C@@H](NC(=O)c3cnc4ccccc4c3)C[C@H]2C(=O)N1Cc1ccc(CC(N)=O)cc1. The van der Waals surface area contributed by atoms with Crippen LogP contribution in [0.25, 0.3) is 10.9 Å². The lowest BCUT2D eigenvalue weighted by Gasteiger charge is -2.42. The second kappa shape index (κ2) is 16.5. The molecule has 11 heteroatoms. The van der Waals surface area contributed by atoms with Crippen LogP contribution in [0.4, 0.5) is 0 Å². The summed E-state index contributed by atoms with van der Waals surface area (Å²) < 4.78 is 0. The minimum absolute atomic E-state index is 0.101. The number of primary amides is 1. The van der Waals surface area contributed by atoms with Crippen LogP contribution >= 0.6 is 0 Å². The average molecular weight is 669 g/mol. The quantitative estimate of drug-likeness (QED) is 0.221. The summed E-state index contributed by atoms with van der Waals surface area (Å²) in [6.07, 6.45) is 7.64. The number of nitrogens with two attached hydrogens (primary N) is 1. The zero-order valence-corrected chi connectivity index (χ0v) is 28.6. The molecule has 2 aliphatic heterocycles. The van der Waals surface area contributed by atoms with Crippen LogP contribution in [0.3, 0.4) is 0 Å². The molecule has 5 rings (SSSR count). The lowest BCUT2D eigenvalue weighted by atomic mass is 9.99. The van der Waals surface area contributed by atoms with Crippen LogP contribution in [-0.4, -0.2) is 87.0 Å². The van der Waals surface area contributed by atoms with Gasteiger partial charge in [0, 0.05) is 43.8 Å². The summed E-state index contributed by atoms with van der Waals surface area (Å²) in [5.74, 6) is -1.42. The van der Waals surface area contributed by atoms with Crippen molar-refractivity contribution in [3.63, 3.8) is 0 Å². The van der Waals surface area contributed by atoms with Crippen molar-refractivity contribution < 1.29 is 24.0 Å². The van der Waals surface area contributed by atoms with Crippen LogP contribution in [0.15, 0.2) is 60.8 Å². The highest BCUT2D eigenvalue weighted by atomic mass is 16.2. The smallest absolute Gasteiger partial charge is 0.253 e. The number of para-hydroxylation sites is 1. The fourth-order valence-corrected chi connectivity index (χ4v) is 6.86. The Kier molecular flexibility index (Phi) is 12.0. The van der Waals surface area contributed by atoms with Gasteiger partial charge >= 0.3 is 0 Å². The Hall–Kier alpha value is -4.80. The van der Waals surface area contributed by atoms with E-state index in [1.165, 1.54) is 11.1 Å². The number of hydrogen-bond acceptors (Lipinski definition) is 6. The molecule has 1 aromatic heterocycles. The molecular formula is C38H48N6O5. The van der Waals surface area contributed by atoms with Gasteiger partial charge in [-0.2, -0.15) is 0 Å². The van der Waals surface area contributed by atoms with Crippen LogP contribution in [0, 0.1) is 0 Å². The van der Waals surface area contributed by atoms with Gasteiger partial charge in [-0.15, -0.1) is 0 Å². The third-order valence-corrected chi connectivity index (χ3v) is 9.54. The molecule has 2 saturated heterocycles. The van der Waals surface area contributed by atoms with E-state index in [1.54, 1.807) is 23.1 Å². The fourth-order valence-electron chi connectivity index (χ4n) is 6.86. The highest BCUT2D eigenvalue weighted by Crippen LogP contribution is 2.31. The summed E-state index contributed by atoms with van der Waals surface area (Å²) in [6, 6.07) is 14.4. The lowest BCUT2D eigenvalue weighted by molar-refractivity contribution is -0.162. The molecule has 0 aliphatic carbocycles. The normalized spacial score (nSPS) is 18.9. The van der Waals surface area contributed by atoms with Crippen molar-refractivity contribution in [2.24, 2.45) is 5.73 Å². The standard InChI is InChI=1S/C38H48N6O5/c1-3-5-9-17-42(18-10-6-4-2)35(46)22-33-38(49)44-25-30(41-36(47)29-20-28-11-7-8-12-31(28)40-23-29)21-32(44)37(48)43(33)24-27-15-13-26(14-16-27)19-34(39)45/h7-8,11-16,20,23,30,32-33H,3-6,9-10,17-19,21-22,24-25H2,1-2H3,(H2,39,45)(H,41,47)/t30-,32-,33-/m0/s1. The molecule has 49 heavy (non-hydrogen) atoms. The van der Waals surface area contributed by atoms with Crippen LogP contribution in [0.1, 0.15) is 86.7 Å². The van der Waals surface area contributed by atoms with E-state index in [0.717, 1.165) is 60.6 Å². The van der Waals surface area contributed by atoms with E-state index in [0.29, 0.717) is 18.7 Å². The first-order valence-electron chi connectivity index (χ1n) is 17.6. The van der Waals surface area contributed by atoms with Crippen LogP contribution in [0.5, 0.6) is 0 Å². The van der Waals surface area contributed by atoms with E-state index < -0.39 is 24.0 Å². The summed E-state index contributed by atoms with van der Waals surface area (Å²) in [6.45, 7) is 5.80. The topological polar surface area (TPSA) is 146 Å². The van der Waals surface area contributed by atoms with Gasteiger partial charge in [0.1, 0.15) is 12.1 Å². The maximum Gasteiger partial charge on any atom is 0.253 e. The van der Waals surface area contributed by atoms with Crippen molar-refractivity contribution >= 4 is 40.4 Å². The zero-order chi connectivity index (χ0) is 34.9. The predicted octanol–water partition coefficient (Wildman–Crippen LogP) is 3.97. The number of nitrogens with zero attached hydrogens (tertiary/aromatic N) is 4. The minimum Gasteiger partial charge on any atom is -0.369 e. The summed E-state index contributed by atoms with van der Waals surface area (Å²) >= 11 is 0. The molecule has 3 heterocycles. The molecule has 11 nitrogen and oxygen atoms in total. The van der Waals surface area contributed by atoms with Crippen molar-refractivity contribution in [1.29, 1.82) is 0 Å². The Morgan fingerprint density at radius 3 is 2.27 bits per heavy atom. The maximum atomic E-state index is 14.2. The molecule has 3 atom stereocenters. The number of aromatic nitrogens is 1. The molecule has 0 radical (unpaired) electrons. The summed E-state index contributed by atoms with van der Waals surface area (Å²) in [7, 11) is 0. The van der Waals surface area contributed by atoms with Crippen molar-refractivity contribution in [3.8, 4) is 0 Å². The molecular weight excluding hydrogens is 620 g/mol. The van der Waals surface area contributed by atoms with E-state index in [9.17, 15) is 24.0 Å².